The minimum Gasteiger partial charge on any atom is -0.469 e. The molecular formula is C9H8ClN3O2S. The van der Waals surface area contributed by atoms with Gasteiger partial charge in [0.15, 0.2) is 0 Å². The van der Waals surface area contributed by atoms with E-state index in [9.17, 15) is 4.79 Å². The molecule has 1 amide bonds. The van der Waals surface area contributed by atoms with E-state index in [1.807, 2.05) is 12.1 Å². The van der Waals surface area contributed by atoms with Gasteiger partial charge in [-0.05, 0) is 23.7 Å². The van der Waals surface area contributed by atoms with Crippen molar-refractivity contribution in [3.63, 3.8) is 0 Å². The highest BCUT2D eigenvalue weighted by Crippen LogP contribution is 2.14. The average Bonchev–Trinajstić information content (AvgIpc) is 2.89. The van der Waals surface area contributed by atoms with Gasteiger partial charge in [-0.3, -0.25) is 4.79 Å². The third kappa shape index (κ3) is 2.80. The SMILES string of the molecule is O=C(NCCc1ccco1)c1nnc(Cl)s1. The minimum atomic E-state index is -0.268. The maximum Gasteiger partial charge on any atom is 0.282 e. The molecular weight excluding hydrogens is 250 g/mol. The fraction of sp³-hybridized carbons (Fsp3) is 0.222. The van der Waals surface area contributed by atoms with Gasteiger partial charge in [-0.25, -0.2) is 0 Å². The lowest BCUT2D eigenvalue weighted by Gasteiger charge is -1.99. The number of nitrogens with one attached hydrogen (secondary N) is 1. The lowest BCUT2D eigenvalue weighted by atomic mass is 10.3. The predicted molar refractivity (Wildman–Crippen MR) is 59.7 cm³/mol. The summed E-state index contributed by atoms with van der Waals surface area (Å²) < 4.78 is 5.39. The number of hydrogen-bond donors (Lipinski definition) is 1. The second-order valence-corrected chi connectivity index (χ2v) is 4.51. The van der Waals surface area contributed by atoms with Crippen LogP contribution in [0.4, 0.5) is 0 Å². The van der Waals surface area contributed by atoms with E-state index in [2.05, 4.69) is 15.5 Å². The number of halogens is 1. The van der Waals surface area contributed by atoms with Crippen molar-refractivity contribution in [2.45, 2.75) is 6.42 Å². The first-order chi connectivity index (χ1) is 7.75. The van der Waals surface area contributed by atoms with Crippen molar-refractivity contribution in [2.24, 2.45) is 0 Å². The zero-order valence-corrected chi connectivity index (χ0v) is 9.72. The average molecular weight is 258 g/mol. The van der Waals surface area contributed by atoms with E-state index < -0.39 is 0 Å². The molecule has 1 N–H and O–H groups in total. The summed E-state index contributed by atoms with van der Waals surface area (Å²) >= 11 is 6.62. The number of aromatic nitrogens is 2. The molecule has 7 heteroatoms. The molecule has 0 aliphatic heterocycles. The first kappa shape index (κ1) is 11.1. The number of amides is 1. The van der Waals surface area contributed by atoms with E-state index in [-0.39, 0.29) is 15.4 Å². The van der Waals surface area contributed by atoms with Gasteiger partial charge in [-0.15, -0.1) is 10.2 Å². The van der Waals surface area contributed by atoms with Crippen LogP contribution in [0.15, 0.2) is 22.8 Å². The Hall–Kier alpha value is -1.40. The third-order valence-corrected chi connectivity index (χ3v) is 2.85. The number of furan rings is 1. The molecule has 2 aromatic rings. The molecule has 84 valence electrons. The number of carbonyl (C=O) groups is 1. The molecule has 0 aromatic carbocycles. The molecule has 0 aliphatic carbocycles. The lowest BCUT2D eigenvalue weighted by molar-refractivity contribution is 0.0952. The zero-order valence-electron chi connectivity index (χ0n) is 8.14. The first-order valence-electron chi connectivity index (χ1n) is 4.55. The summed E-state index contributed by atoms with van der Waals surface area (Å²) in [6, 6.07) is 3.66. The van der Waals surface area contributed by atoms with E-state index in [1.165, 1.54) is 0 Å². The van der Waals surface area contributed by atoms with Crippen LogP contribution in [0.5, 0.6) is 0 Å². The summed E-state index contributed by atoms with van der Waals surface area (Å²) in [7, 11) is 0. The van der Waals surface area contributed by atoms with Gasteiger partial charge < -0.3 is 9.73 Å². The van der Waals surface area contributed by atoms with Gasteiger partial charge in [-0.2, -0.15) is 0 Å². The highest BCUT2D eigenvalue weighted by atomic mass is 35.5. The Morgan fingerprint density at radius 1 is 1.56 bits per heavy atom. The Labute approximate surface area is 100 Å². The van der Waals surface area contributed by atoms with Crippen LogP contribution in [-0.2, 0) is 6.42 Å². The van der Waals surface area contributed by atoms with Crippen LogP contribution >= 0.6 is 22.9 Å². The van der Waals surface area contributed by atoms with Crippen molar-refractivity contribution in [2.75, 3.05) is 6.54 Å². The molecule has 0 bridgehead atoms. The fourth-order valence-electron chi connectivity index (χ4n) is 1.13. The first-order valence-corrected chi connectivity index (χ1v) is 5.75. The number of rotatable bonds is 4. The molecule has 0 fully saturated rings. The topological polar surface area (TPSA) is 68.0 Å². The van der Waals surface area contributed by atoms with Crippen molar-refractivity contribution >= 4 is 28.8 Å². The predicted octanol–water partition coefficient (Wildman–Crippen LogP) is 1.76. The normalized spacial score (nSPS) is 10.3. The number of hydrogen-bond acceptors (Lipinski definition) is 5. The van der Waals surface area contributed by atoms with Gasteiger partial charge in [0.1, 0.15) is 5.76 Å². The molecule has 2 aromatic heterocycles. The Morgan fingerprint density at radius 3 is 3.06 bits per heavy atom. The molecule has 0 spiro atoms. The van der Waals surface area contributed by atoms with Gasteiger partial charge in [0.2, 0.25) is 9.47 Å². The Bertz CT molecular complexity index is 469. The van der Waals surface area contributed by atoms with Gasteiger partial charge in [-0.1, -0.05) is 11.3 Å². The maximum absolute atomic E-state index is 11.5. The molecule has 0 radical (unpaired) electrons. The Balaban J connectivity index is 1.80. The van der Waals surface area contributed by atoms with Gasteiger partial charge in [0.05, 0.1) is 6.26 Å². The van der Waals surface area contributed by atoms with E-state index in [0.717, 1.165) is 17.1 Å². The molecule has 16 heavy (non-hydrogen) atoms. The van der Waals surface area contributed by atoms with Crippen LogP contribution < -0.4 is 5.32 Å². The second kappa shape index (κ2) is 5.09. The second-order valence-electron chi connectivity index (χ2n) is 2.95. The van der Waals surface area contributed by atoms with Crippen molar-refractivity contribution in [3.8, 4) is 0 Å². The molecule has 5 nitrogen and oxygen atoms in total. The van der Waals surface area contributed by atoms with Crippen molar-refractivity contribution in [1.82, 2.24) is 15.5 Å². The monoisotopic (exact) mass is 257 g/mol. The summed E-state index contributed by atoms with van der Waals surface area (Å²) in [5.74, 6) is 0.562. The number of nitrogens with zero attached hydrogens (tertiary/aromatic N) is 2. The standard InChI is InChI=1S/C9H8ClN3O2S/c10-9-13-12-8(16-9)7(14)11-4-3-6-2-1-5-15-6/h1-2,5H,3-4H2,(H,11,14). The van der Waals surface area contributed by atoms with Gasteiger partial charge >= 0.3 is 0 Å². The highest BCUT2D eigenvalue weighted by molar-refractivity contribution is 7.17. The summed E-state index contributed by atoms with van der Waals surface area (Å²) in [5.41, 5.74) is 0. The van der Waals surface area contributed by atoms with E-state index in [4.69, 9.17) is 16.0 Å². The van der Waals surface area contributed by atoms with Gasteiger partial charge in [0.25, 0.3) is 5.91 Å². The third-order valence-electron chi connectivity index (χ3n) is 1.83. The van der Waals surface area contributed by atoms with Crippen LogP contribution in [0.1, 0.15) is 15.6 Å². The van der Waals surface area contributed by atoms with Crippen molar-refractivity contribution < 1.29 is 9.21 Å². The Kier molecular flexibility index (Phi) is 3.53. The molecule has 2 heterocycles. The summed E-state index contributed by atoms with van der Waals surface area (Å²) in [5, 5.41) is 10.2. The largest absolute Gasteiger partial charge is 0.469 e. The van der Waals surface area contributed by atoms with Crippen molar-refractivity contribution in [1.29, 1.82) is 0 Å². The molecule has 0 aliphatic rings. The van der Waals surface area contributed by atoms with Gasteiger partial charge in [0, 0.05) is 13.0 Å². The smallest absolute Gasteiger partial charge is 0.282 e. The van der Waals surface area contributed by atoms with Crippen LogP contribution in [0.3, 0.4) is 0 Å². The van der Waals surface area contributed by atoms with E-state index >= 15 is 0 Å². The van der Waals surface area contributed by atoms with Crippen LogP contribution in [0.2, 0.25) is 4.47 Å². The van der Waals surface area contributed by atoms with Crippen LogP contribution in [0, 0.1) is 0 Å². The van der Waals surface area contributed by atoms with E-state index in [1.54, 1.807) is 6.26 Å². The quantitative estimate of drug-likeness (QED) is 0.906. The van der Waals surface area contributed by atoms with Crippen LogP contribution in [-0.4, -0.2) is 22.6 Å². The summed E-state index contributed by atoms with van der Waals surface area (Å²) in [4.78, 5) is 11.5. The maximum atomic E-state index is 11.5. The van der Waals surface area contributed by atoms with Crippen LogP contribution in [0.25, 0.3) is 0 Å². The summed E-state index contributed by atoms with van der Waals surface area (Å²) in [6.45, 7) is 0.490. The molecule has 0 saturated carbocycles. The lowest BCUT2D eigenvalue weighted by Crippen LogP contribution is -2.25. The number of carbonyl (C=O) groups excluding carboxylic acids is 1. The van der Waals surface area contributed by atoms with E-state index in [0.29, 0.717) is 13.0 Å². The summed E-state index contributed by atoms with van der Waals surface area (Å²) in [6.07, 6.45) is 2.24. The molecule has 0 unspecified atom stereocenters. The Morgan fingerprint density at radius 2 is 2.44 bits per heavy atom. The molecule has 0 atom stereocenters. The molecule has 2 rings (SSSR count). The zero-order chi connectivity index (χ0) is 11.4. The molecule has 0 saturated heterocycles. The van der Waals surface area contributed by atoms with Crippen molar-refractivity contribution in [3.05, 3.63) is 33.6 Å². The minimum absolute atomic E-state index is 0.260. The fourth-order valence-corrected chi connectivity index (χ4v) is 1.87. The highest BCUT2D eigenvalue weighted by Gasteiger charge is 2.11.